The third-order valence-corrected chi connectivity index (χ3v) is 3.09. The molecule has 0 N–H and O–H groups in total. The van der Waals surface area contributed by atoms with Gasteiger partial charge in [0.1, 0.15) is 0 Å². The summed E-state index contributed by atoms with van der Waals surface area (Å²) >= 11 is 2.48. The molecular weight excluding hydrogens is 297 g/mol. The molecule has 0 spiro atoms. The minimum atomic E-state index is 0.189. The van der Waals surface area contributed by atoms with E-state index in [0.29, 0.717) is 6.42 Å². The molecule has 0 saturated heterocycles. The predicted molar refractivity (Wildman–Crippen MR) is 33.9 cm³/mol. The molecule has 0 aliphatic heterocycles. The van der Waals surface area contributed by atoms with Gasteiger partial charge in [0.25, 0.3) is 0 Å². The number of carbonyl (C=O) groups excluding carboxylic acids is 1. The van der Waals surface area contributed by atoms with Gasteiger partial charge in [0.2, 0.25) is 0 Å². The Morgan fingerprint density at radius 2 is 2.00 bits per heavy atom. The van der Waals surface area contributed by atoms with E-state index in [2.05, 4.69) is 34.9 Å². The Balaban J connectivity index is 3.71. The van der Waals surface area contributed by atoms with E-state index in [1.807, 2.05) is 0 Å². The van der Waals surface area contributed by atoms with Crippen LogP contribution in [0.5, 0.6) is 0 Å². The maximum atomic E-state index is 10.6. The normalized spacial score (nSPS) is 11.7. The molecule has 0 radical (unpaired) electrons. The van der Waals surface area contributed by atoms with Crippen LogP contribution in [0.3, 0.4) is 0 Å². The van der Waals surface area contributed by atoms with Gasteiger partial charge in [0.05, 0.1) is 0 Å². The number of rotatable bonds is 3. The van der Waals surface area contributed by atoms with Crippen LogP contribution in [0.2, 0.25) is 4.64 Å². The molecule has 0 aromatic rings. The van der Waals surface area contributed by atoms with Gasteiger partial charge in [-0.2, -0.15) is 0 Å². The van der Waals surface area contributed by atoms with Gasteiger partial charge in [0, 0.05) is 0 Å². The molecule has 0 amide bonds. The Kier molecular flexibility index (Phi) is 3.71. The van der Waals surface area contributed by atoms with Crippen molar-refractivity contribution in [3.8, 4) is 0 Å². The van der Waals surface area contributed by atoms with Crippen molar-refractivity contribution in [1.29, 1.82) is 0 Å². The molecule has 1 nitrogen and oxygen atoms in total. The Bertz CT molecular complexity index is 107. The third kappa shape index (κ3) is 4.89. The molecular formula is C7H13AuO. The van der Waals surface area contributed by atoms with Crippen LogP contribution in [0.15, 0.2) is 0 Å². The quantitative estimate of drug-likeness (QED) is 0.728. The molecule has 0 fully saturated rings. The van der Waals surface area contributed by atoms with Crippen molar-refractivity contribution in [2.75, 3.05) is 0 Å². The molecule has 9 heavy (non-hydrogen) atoms. The number of ketones is 1. The van der Waals surface area contributed by atoms with E-state index in [1.54, 1.807) is 6.92 Å². The van der Waals surface area contributed by atoms with Crippen LogP contribution in [0, 0.1) is 5.41 Å². The Hall–Kier alpha value is 0.410. The first-order valence-corrected chi connectivity index (χ1v) is 4.51. The summed E-state index contributed by atoms with van der Waals surface area (Å²) in [5.74, 6) is 0.284. The number of Topliss-reactive ketones (excluding diaryl/α,β-unsaturated/α-hetero) is 1. The van der Waals surface area contributed by atoms with Crippen LogP contribution in [0.1, 0.15) is 27.2 Å². The van der Waals surface area contributed by atoms with Gasteiger partial charge in [0.15, 0.2) is 0 Å². The summed E-state index contributed by atoms with van der Waals surface area (Å²) in [7, 11) is 0. The average molecular weight is 310 g/mol. The molecule has 0 rings (SSSR count). The Morgan fingerprint density at radius 1 is 1.56 bits per heavy atom. The predicted octanol–water partition coefficient (Wildman–Crippen LogP) is 1.96. The topological polar surface area (TPSA) is 17.1 Å². The zero-order valence-electron chi connectivity index (χ0n) is 6.12. The summed E-state index contributed by atoms with van der Waals surface area (Å²) in [5, 5.41) is 0. The molecule has 0 atom stereocenters. The first-order valence-electron chi connectivity index (χ1n) is 2.98. The molecule has 0 aliphatic rings. The molecule has 0 heterocycles. The van der Waals surface area contributed by atoms with Crippen LogP contribution in [-0.4, -0.2) is 5.78 Å². The SMILES string of the molecule is CC(=O)CC(C)(C)[CH2][Au]. The summed E-state index contributed by atoms with van der Waals surface area (Å²) in [6.07, 6.45) is 0.698. The maximum absolute atomic E-state index is 10.6. The van der Waals surface area contributed by atoms with Crippen molar-refractivity contribution in [3.05, 3.63) is 0 Å². The van der Waals surface area contributed by atoms with Crippen LogP contribution in [0.4, 0.5) is 0 Å². The number of hydrogen-bond donors (Lipinski definition) is 0. The third-order valence-electron chi connectivity index (χ3n) is 1.02. The van der Waals surface area contributed by atoms with Gasteiger partial charge in [-0.25, -0.2) is 0 Å². The average Bonchev–Trinajstić information content (AvgIpc) is 1.63. The second kappa shape index (κ2) is 3.55. The van der Waals surface area contributed by atoms with Crippen molar-refractivity contribution in [1.82, 2.24) is 0 Å². The summed E-state index contributed by atoms with van der Waals surface area (Å²) < 4.78 is 1.02. The molecule has 0 aliphatic carbocycles. The second-order valence-electron chi connectivity index (χ2n) is 3.15. The molecule has 2 heteroatoms. The van der Waals surface area contributed by atoms with Crippen LogP contribution in [-0.2, 0) is 25.9 Å². The van der Waals surface area contributed by atoms with Gasteiger partial charge >= 0.3 is 68.9 Å². The van der Waals surface area contributed by atoms with Crippen LogP contribution in [0.25, 0.3) is 0 Å². The fraction of sp³-hybridized carbons (Fsp3) is 0.857. The molecule has 0 bridgehead atoms. The van der Waals surface area contributed by atoms with E-state index >= 15 is 0 Å². The zero-order valence-corrected chi connectivity index (χ0v) is 8.29. The van der Waals surface area contributed by atoms with E-state index < -0.39 is 0 Å². The van der Waals surface area contributed by atoms with Gasteiger partial charge in [-0.15, -0.1) is 0 Å². The van der Waals surface area contributed by atoms with Crippen molar-refractivity contribution in [2.24, 2.45) is 5.41 Å². The fourth-order valence-electron chi connectivity index (χ4n) is 0.712. The van der Waals surface area contributed by atoms with E-state index in [0.717, 1.165) is 4.64 Å². The van der Waals surface area contributed by atoms with E-state index in [-0.39, 0.29) is 11.2 Å². The van der Waals surface area contributed by atoms with E-state index in [4.69, 9.17) is 0 Å². The van der Waals surface area contributed by atoms with Crippen LogP contribution < -0.4 is 0 Å². The molecule has 0 aromatic heterocycles. The summed E-state index contributed by atoms with van der Waals surface area (Å²) in [4.78, 5) is 10.6. The van der Waals surface area contributed by atoms with Crippen LogP contribution >= 0.6 is 0 Å². The summed E-state index contributed by atoms with van der Waals surface area (Å²) in [5.41, 5.74) is 0.189. The fourth-order valence-corrected chi connectivity index (χ4v) is 0.982. The van der Waals surface area contributed by atoms with Crippen molar-refractivity contribution >= 4 is 5.78 Å². The zero-order chi connectivity index (χ0) is 7.49. The van der Waals surface area contributed by atoms with Gasteiger partial charge in [-0.3, -0.25) is 0 Å². The summed E-state index contributed by atoms with van der Waals surface area (Å²) in [6, 6.07) is 0. The molecule has 58 valence electrons. The molecule has 0 saturated carbocycles. The van der Waals surface area contributed by atoms with Crippen molar-refractivity contribution < 1.29 is 25.9 Å². The van der Waals surface area contributed by atoms with E-state index in [9.17, 15) is 4.79 Å². The standard InChI is InChI=1S/C7H13O.Au/c1-6(8)5-7(2,3)4;/h2,5H2,1,3-4H3;. The van der Waals surface area contributed by atoms with E-state index in [1.165, 1.54) is 0 Å². The Labute approximate surface area is 69.1 Å². The van der Waals surface area contributed by atoms with Gasteiger partial charge < -0.3 is 0 Å². The van der Waals surface area contributed by atoms with Gasteiger partial charge in [-0.05, 0) is 0 Å². The molecule has 0 aromatic carbocycles. The number of hydrogen-bond acceptors (Lipinski definition) is 1. The number of carbonyl (C=O) groups is 1. The minimum absolute atomic E-state index is 0.189. The monoisotopic (exact) mass is 310 g/mol. The first kappa shape index (κ1) is 9.41. The van der Waals surface area contributed by atoms with Gasteiger partial charge in [-0.1, -0.05) is 0 Å². The summed E-state index contributed by atoms with van der Waals surface area (Å²) in [6.45, 7) is 5.86. The van der Waals surface area contributed by atoms with Crippen molar-refractivity contribution in [2.45, 2.75) is 31.8 Å². The second-order valence-corrected chi connectivity index (χ2v) is 3.92. The Morgan fingerprint density at radius 3 is 2.11 bits per heavy atom. The first-order chi connectivity index (χ1) is 3.98. The molecule has 0 unspecified atom stereocenters. The van der Waals surface area contributed by atoms with Crippen molar-refractivity contribution in [3.63, 3.8) is 0 Å².